The zero-order chi connectivity index (χ0) is 11.5. The Kier molecular flexibility index (Phi) is 2.72. The molecule has 0 atom stereocenters. The first-order valence-electron chi connectivity index (χ1n) is 5.08. The van der Waals surface area contributed by atoms with Gasteiger partial charge in [0.25, 0.3) is 5.56 Å². The molecule has 6 nitrogen and oxygen atoms in total. The van der Waals surface area contributed by atoms with Crippen LogP contribution in [0.15, 0.2) is 23.3 Å². The highest BCUT2D eigenvalue weighted by Gasteiger charge is 2.07. The molecule has 6 heteroatoms. The predicted molar refractivity (Wildman–Crippen MR) is 62.0 cm³/mol. The number of hydrogen-bond acceptors (Lipinski definition) is 4. The van der Waals surface area contributed by atoms with Crippen LogP contribution in [0.25, 0.3) is 11.2 Å². The summed E-state index contributed by atoms with van der Waals surface area (Å²) in [6, 6.07) is 0. The van der Waals surface area contributed by atoms with Gasteiger partial charge in [-0.3, -0.25) is 9.78 Å². The second-order valence-electron chi connectivity index (χ2n) is 3.40. The standard InChI is InChI=1S/C10H13N5O/c1-2-3-4-5-15-6-12-8-7(15)9(16)14-10(11)13-8/h3-4,6H,2,5H2,1H3,(H3,11,13,14,16)/b4-3-. The van der Waals surface area contributed by atoms with Crippen molar-refractivity contribution in [2.75, 3.05) is 5.73 Å². The van der Waals surface area contributed by atoms with Crippen LogP contribution in [0.2, 0.25) is 0 Å². The van der Waals surface area contributed by atoms with Crippen LogP contribution in [0.4, 0.5) is 5.95 Å². The number of nitrogens with two attached hydrogens (primary N) is 1. The van der Waals surface area contributed by atoms with E-state index in [9.17, 15) is 4.79 Å². The topological polar surface area (TPSA) is 89.6 Å². The Bertz CT molecular complexity index is 580. The molecule has 2 heterocycles. The van der Waals surface area contributed by atoms with Gasteiger partial charge in [0.05, 0.1) is 6.33 Å². The minimum atomic E-state index is -0.259. The number of hydrogen-bond donors (Lipinski definition) is 2. The second-order valence-corrected chi connectivity index (χ2v) is 3.40. The molecule has 2 aromatic rings. The zero-order valence-electron chi connectivity index (χ0n) is 8.97. The van der Waals surface area contributed by atoms with Gasteiger partial charge in [0.1, 0.15) is 0 Å². The maximum atomic E-state index is 11.7. The van der Waals surface area contributed by atoms with Crippen molar-refractivity contribution in [1.29, 1.82) is 0 Å². The Morgan fingerprint density at radius 2 is 2.38 bits per heavy atom. The van der Waals surface area contributed by atoms with Crippen LogP contribution < -0.4 is 11.3 Å². The van der Waals surface area contributed by atoms with Gasteiger partial charge in [-0.05, 0) is 6.42 Å². The Morgan fingerprint density at radius 3 is 3.12 bits per heavy atom. The van der Waals surface area contributed by atoms with Crippen molar-refractivity contribution in [1.82, 2.24) is 19.5 Å². The molecule has 0 saturated heterocycles. The molecule has 16 heavy (non-hydrogen) atoms. The van der Waals surface area contributed by atoms with E-state index in [2.05, 4.69) is 21.9 Å². The van der Waals surface area contributed by atoms with Crippen LogP contribution in [-0.2, 0) is 6.54 Å². The van der Waals surface area contributed by atoms with Crippen molar-refractivity contribution in [3.63, 3.8) is 0 Å². The second kappa shape index (κ2) is 4.18. The largest absolute Gasteiger partial charge is 0.369 e. The monoisotopic (exact) mass is 219 g/mol. The Labute approximate surface area is 91.8 Å². The van der Waals surface area contributed by atoms with Gasteiger partial charge in [-0.2, -0.15) is 4.98 Å². The molecule has 0 unspecified atom stereocenters. The smallest absolute Gasteiger partial charge is 0.278 e. The molecule has 0 aliphatic carbocycles. The van der Waals surface area contributed by atoms with E-state index in [1.54, 1.807) is 10.9 Å². The maximum Gasteiger partial charge on any atom is 0.278 e. The molecule has 2 aromatic heterocycles. The molecule has 0 spiro atoms. The average molecular weight is 219 g/mol. The van der Waals surface area contributed by atoms with E-state index in [1.165, 1.54) is 0 Å². The van der Waals surface area contributed by atoms with Crippen molar-refractivity contribution in [3.05, 3.63) is 28.8 Å². The normalized spacial score (nSPS) is 11.6. The van der Waals surface area contributed by atoms with Gasteiger partial charge in [0, 0.05) is 6.54 Å². The highest BCUT2D eigenvalue weighted by molar-refractivity contribution is 5.70. The van der Waals surface area contributed by atoms with Gasteiger partial charge in [-0.1, -0.05) is 19.1 Å². The molecule has 0 bridgehead atoms. The molecule has 0 radical (unpaired) electrons. The molecule has 84 valence electrons. The van der Waals surface area contributed by atoms with Gasteiger partial charge in [-0.25, -0.2) is 4.98 Å². The quantitative estimate of drug-likeness (QED) is 0.742. The summed E-state index contributed by atoms with van der Waals surface area (Å²) in [6.45, 7) is 2.66. The molecule has 3 N–H and O–H groups in total. The molecular weight excluding hydrogens is 206 g/mol. The van der Waals surface area contributed by atoms with E-state index in [-0.39, 0.29) is 11.5 Å². The molecule has 0 amide bonds. The van der Waals surface area contributed by atoms with E-state index in [0.29, 0.717) is 17.7 Å². The van der Waals surface area contributed by atoms with E-state index in [0.717, 1.165) is 6.42 Å². The number of aromatic amines is 1. The SMILES string of the molecule is CC/C=C\Cn1cnc2nc(N)[nH]c(=O)c21. The lowest BCUT2D eigenvalue weighted by molar-refractivity contribution is 0.840. The lowest BCUT2D eigenvalue weighted by atomic mass is 10.4. The molecular formula is C10H13N5O. The van der Waals surface area contributed by atoms with Gasteiger partial charge in [0.15, 0.2) is 11.2 Å². The fourth-order valence-electron chi connectivity index (χ4n) is 1.50. The number of allylic oxidation sites excluding steroid dienone is 2. The number of rotatable bonds is 3. The van der Waals surface area contributed by atoms with Crippen LogP contribution in [-0.4, -0.2) is 19.5 Å². The summed E-state index contributed by atoms with van der Waals surface area (Å²) >= 11 is 0. The lowest BCUT2D eigenvalue weighted by Crippen LogP contribution is -2.14. The van der Waals surface area contributed by atoms with Crippen molar-refractivity contribution < 1.29 is 0 Å². The van der Waals surface area contributed by atoms with E-state index in [4.69, 9.17) is 5.73 Å². The van der Waals surface area contributed by atoms with E-state index in [1.807, 2.05) is 12.2 Å². The van der Waals surface area contributed by atoms with Crippen LogP contribution >= 0.6 is 0 Å². The lowest BCUT2D eigenvalue weighted by Gasteiger charge is -1.98. The first-order chi connectivity index (χ1) is 7.72. The fraction of sp³-hybridized carbons (Fsp3) is 0.300. The third-order valence-corrected chi connectivity index (χ3v) is 2.21. The number of imidazole rings is 1. The van der Waals surface area contributed by atoms with E-state index >= 15 is 0 Å². The van der Waals surface area contributed by atoms with Crippen LogP contribution in [0.1, 0.15) is 13.3 Å². The highest BCUT2D eigenvalue weighted by Crippen LogP contribution is 2.05. The van der Waals surface area contributed by atoms with Gasteiger partial charge >= 0.3 is 0 Å². The number of anilines is 1. The maximum absolute atomic E-state index is 11.7. The van der Waals surface area contributed by atoms with Crippen molar-refractivity contribution in [2.24, 2.45) is 0 Å². The Morgan fingerprint density at radius 1 is 1.56 bits per heavy atom. The minimum absolute atomic E-state index is 0.0897. The van der Waals surface area contributed by atoms with Crippen LogP contribution in [0, 0.1) is 0 Å². The fourth-order valence-corrected chi connectivity index (χ4v) is 1.50. The number of nitrogens with zero attached hydrogens (tertiary/aromatic N) is 3. The Balaban J connectivity index is 2.48. The Hall–Kier alpha value is -2.11. The number of fused-ring (bicyclic) bond motifs is 1. The summed E-state index contributed by atoms with van der Waals surface area (Å²) < 4.78 is 1.74. The van der Waals surface area contributed by atoms with Crippen LogP contribution in [0.3, 0.4) is 0 Å². The summed E-state index contributed by atoms with van der Waals surface area (Å²) in [5.74, 6) is 0.0897. The van der Waals surface area contributed by atoms with Gasteiger partial charge in [-0.15, -0.1) is 0 Å². The van der Waals surface area contributed by atoms with Gasteiger partial charge in [0.2, 0.25) is 5.95 Å². The molecule has 0 aromatic carbocycles. The number of aromatic nitrogens is 4. The van der Waals surface area contributed by atoms with Crippen molar-refractivity contribution in [2.45, 2.75) is 19.9 Å². The van der Waals surface area contributed by atoms with Crippen molar-refractivity contribution >= 4 is 17.1 Å². The molecule has 0 fully saturated rings. The first kappa shape index (κ1) is 10.4. The summed E-state index contributed by atoms with van der Waals surface area (Å²) in [7, 11) is 0. The molecule has 2 rings (SSSR count). The highest BCUT2D eigenvalue weighted by atomic mass is 16.1. The average Bonchev–Trinajstić information content (AvgIpc) is 2.62. The van der Waals surface area contributed by atoms with Crippen molar-refractivity contribution in [3.8, 4) is 0 Å². The summed E-state index contributed by atoms with van der Waals surface area (Å²) in [6.07, 6.45) is 6.57. The summed E-state index contributed by atoms with van der Waals surface area (Å²) in [5.41, 5.74) is 6.00. The number of nitrogen functional groups attached to an aromatic ring is 1. The predicted octanol–water partition coefficient (Wildman–Crippen LogP) is 0.668. The number of nitrogens with one attached hydrogen (secondary N) is 1. The molecule has 0 saturated carbocycles. The van der Waals surface area contributed by atoms with Gasteiger partial charge < -0.3 is 10.3 Å². The molecule has 0 aliphatic rings. The van der Waals surface area contributed by atoms with Crippen LogP contribution in [0.5, 0.6) is 0 Å². The molecule has 0 aliphatic heterocycles. The summed E-state index contributed by atoms with van der Waals surface area (Å²) in [5, 5.41) is 0. The summed E-state index contributed by atoms with van der Waals surface area (Å²) in [4.78, 5) is 22.1. The third kappa shape index (κ3) is 1.81. The zero-order valence-corrected chi connectivity index (χ0v) is 8.97. The number of H-pyrrole nitrogens is 1. The van der Waals surface area contributed by atoms with E-state index < -0.39 is 0 Å². The third-order valence-electron chi connectivity index (χ3n) is 2.21. The minimum Gasteiger partial charge on any atom is -0.369 e. The first-order valence-corrected chi connectivity index (χ1v) is 5.08.